The van der Waals surface area contributed by atoms with Crippen LogP contribution in [-0.4, -0.2) is 15.2 Å². The van der Waals surface area contributed by atoms with Crippen molar-refractivity contribution in [3.05, 3.63) is 35.9 Å². The van der Waals surface area contributed by atoms with Gasteiger partial charge in [0.25, 0.3) is 0 Å². The van der Waals surface area contributed by atoms with Crippen molar-refractivity contribution in [2.75, 3.05) is 0 Å². The number of pyridine rings is 1. The lowest BCUT2D eigenvalue weighted by atomic mass is 10.2. The SMILES string of the molecule is Fc1ccc(-c2cc(C(F)(F)F)[nH]n2)nc1. The lowest BCUT2D eigenvalue weighted by Gasteiger charge is -1.99. The smallest absolute Gasteiger partial charge is 0.273 e. The summed E-state index contributed by atoms with van der Waals surface area (Å²) >= 11 is 0. The van der Waals surface area contributed by atoms with Crippen LogP contribution in [0.3, 0.4) is 0 Å². The van der Waals surface area contributed by atoms with Gasteiger partial charge in [-0.25, -0.2) is 4.39 Å². The molecule has 0 amide bonds. The number of nitrogens with one attached hydrogen (secondary N) is 1. The van der Waals surface area contributed by atoms with Gasteiger partial charge in [-0.2, -0.15) is 18.3 Å². The number of alkyl halides is 3. The molecule has 0 radical (unpaired) electrons. The van der Waals surface area contributed by atoms with Crippen molar-refractivity contribution < 1.29 is 17.6 Å². The molecule has 7 heteroatoms. The first kappa shape index (κ1) is 10.6. The topological polar surface area (TPSA) is 41.6 Å². The third-order valence-corrected chi connectivity index (χ3v) is 1.87. The van der Waals surface area contributed by atoms with Crippen molar-refractivity contribution in [2.45, 2.75) is 6.18 Å². The Morgan fingerprint density at radius 1 is 1.12 bits per heavy atom. The van der Waals surface area contributed by atoms with E-state index in [4.69, 9.17) is 0 Å². The van der Waals surface area contributed by atoms with Crippen LogP contribution in [0.25, 0.3) is 11.4 Å². The summed E-state index contributed by atoms with van der Waals surface area (Å²) in [6, 6.07) is 3.18. The highest BCUT2D eigenvalue weighted by atomic mass is 19.4. The number of hydrogen-bond acceptors (Lipinski definition) is 2. The third kappa shape index (κ3) is 2.02. The summed E-state index contributed by atoms with van der Waals surface area (Å²) in [5.41, 5.74) is -0.769. The number of H-pyrrole nitrogens is 1. The number of aromatic nitrogens is 3. The van der Waals surface area contributed by atoms with E-state index in [1.54, 1.807) is 0 Å². The van der Waals surface area contributed by atoms with Crippen LogP contribution in [0.5, 0.6) is 0 Å². The van der Waals surface area contributed by atoms with E-state index >= 15 is 0 Å². The summed E-state index contributed by atoms with van der Waals surface area (Å²) in [6.45, 7) is 0. The zero-order valence-electron chi connectivity index (χ0n) is 7.72. The lowest BCUT2D eigenvalue weighted by molar-refractivity contribution is -0.141. The van der Waals surface area contributed by atoms with E-state index < -0.39 is 17.7 Å². The minimum Gasteiger partial charge on any atom is -0.273 e. The zero-order chi connectivity index (χ0) is 11.8. The maximum absolute atomic E-state index is 12.5. The van der Waals surface area contributed by atoms with Gasteiger partial charge in [0.1, 0.15) is 17.2 Å². The normalized spacial score (nSPS) is 11.8. The number of halogens is 4. The minimum atomic E-state index is -4.48. The van der Waals surface area contributed by atoms with Gasteiger partial charge >= 0.3 is 6.18 Å². The van der Waals surface area contributed by atoms with Crippen molar-refractivity contribution in [1.29, 1.82) is 0 Å². The van der Waals surface area contributed by atoms with Crippen molar-refractivity contribution in [3.63, 3.8) is 0 Å². The monoisotopic (exact) mass is 231 g/mol. The second kappa shape index (κ2) is 3.58. The Balaban J connectivity index is 2.35. The zero-order valence-corrected chi connectivity index (χ0v) is 7.72. The molecule has 2 rings (SSSR count). The maximum Gasteiger partial charge on any atom is 0.432 e. The molecule has 0 unspecified atom stereocenters. The molecule has 0 atom stereocenters. The predicted molar refractivity (Wildman–Crippen MR) is 46.8 cm³/mol. The summed E-state index contributed by atoms with van der Waals surface area (Å²) in [5.74, 6) is -0.560. The molecule has 0 spiro atoms. The molecule has 3 nitrogen and oxygen atoms in total. The molecule has 0 fully saturated rings. The van der Waals surface area contributed by atoms with Gasteiger partial charge in [0.2, 0.25) is 0 Å². The standard InChI is InChI=1S/C9H5F4N3/c10-5-1-2-6(14-4-5)7-3-8(16-15-7)9(11,12)13/h1-4H,(H,15,16). The average molecular weight is 231 g/mol. The Morgan fingerprint density at radius 3 is 2.38 bits per heavy atom. The van der Waals surface area contributed by atoms with Crippen molar-refractivity contribution in [3.8, 4) is 11.4 Å². The lowest BCUT2D eigenvalue weighted by Crippen LogP contribution is -2.04. The Labute approximate surface area is 87.1 Å². The van der Waals surface area contributed by atoms with Crippen LogP contribution < -0.4 is 0 Å². The fourth-order valence-corrected chi connectivity index (χ4v) is 1.13. The molecule has 84 valence electrons. The Morgan fingerprint density at radius 2 is 1.88 bits per heavy atom. The summed E-state index contributed by atoms with van der Waals surface area (Å²) < 4.78 is 49.2. The predicted octanol–water partition coefficient (Wildman–Crippen LogP) is 2.63. The van der Waals surface area contributed by atoms with Gasteiger partial charge in [-0.05, 0) is 18.2 Å². The number of rotatable bonds is 1. The molecule has 2 heterocycles. The van der Waals surface area contributed by atoms with E-state index in [1.165, 1.54) is 6.07 Å². The Hall–Kier alpha value is -1.92. The summed E-state index contributed by atoms with van der Waals surface area (Å²) in [4.78, 5) is 3.62. The molecule has 0 aliphatic carbocycles. The van der Waals surface area contributed by atoms with Gasteiger partial charge in [0, 0.05) is 0 Å². The average Bonchev–Trinajstić information content (AvgIpc) is 2.67. The second-order valence-corrected chi connectivity index (χ2v) is 3.03. The molecule has 2 aromatic rings. The van der Waals surface area contributed by atoms with Crippen LogP contribution in [0.2, 0.25) is 0 Å². The van der Waals surface area contributed by atoms with Crippen LogP contribution >= 0.6 is 0 Å². The van der Waals surface area contributed by atoms with Crippen LogP contribution in [0, 0.1) is 5.82 Å². The van der Waals surface area contributed by atoms with Gasteiger partial charge in [0.05, 0.1) is 11.9 Å². The number of aromatic amines is 1. The summed E-state index contributed by atoms with van der Waals surface area (Å²) in [6.07, 6.45) is -3.57. The van der Waals surface area contributed by atoms with E-state index in [0.29, 0.717) is 0 Å². The highest BCUT2D eigenvalue weighted by molar-refractivity contribution is 5.53. The molecule has 0 aliphatic heterocycles. The first-order valence-corrected chi connectivity index (χ1v) is 4.21. The highest BCUT2D eigenvalue weighted by Gasteiger charge is 2.33. The molecule has 0 aromatic carbocycles. The van der Waals surface area contributed by atoms with Gasteiger partial charge in [-0.1, -0.05) is 0 Å². The molecule has 2 aromatic heterocycles. The van der Waals surface area contributed by atoms with E-state index in [0.717, 1.165) is 18.3 Å². The van der Waals surface area contributed by atoms with Gasteiger partial charge in [-0.15, -0.1) is 0 Å². The first-order valence-electron chi connectivity index (χ1n) is 4.21. The van der Waals surface area contributed by atoms with Gasteiger partial charge < -0.3 is 0 Å². The molecule has 0 bridgehead atoms. The van der Waals surface area contributed by atoms with E-state index in [2.05, 4.69) is 10.1 Å². The van der Waals surface area contributed by atoms with Gasteiger partial charge in [0.15, 0.2) is 0 Å². The summed E-state index contributed by atoms with van der Waals surface area (Å²) in [5, 5.41) is 5.30. The summed E-state index contributed by atoms with van der Waals surface area (Å²) in [7, 11) is 0. The fraction of sp³-hybridized carbons (Fsp3) is 0.111. The molecule has 16 heavy (non-hydrogen) atoms. The van der Waals surface area contributed by atoms with Crippen LogP contribution in [0.4, 0.5) is 17.6 Å². The molecule has 1 N–H and O–H groups in total. The van der Waals surface area contributed by atoms with Crippen LogP contribution in [0.15, 0.2) is 24.4 Å². The molecule has 0 saturated carbocycles. The Bertz CT molecular complexity index is 486. The van der Waals surface area contributed by atoms with E-state index in [1.807, 2.05) is 5.10 Å². The van der Waals surface area contributed by atoms with E-state index in [9.17, 15) is 17.6 Å². The second-order valence-electron chi connectivity index (χ2n) is 3.03. The quantitative estimate of drug-likeness (QED) is 0.766. The maximum atomic E-state index is 12.5. The van der Waals surface area contributed by atoms with E-state index in [-0.39, 0.29) is 11.4 Å². The fourth-order valence-electron chi connectivity index (χ4n) is 1.13. The molecular weight excluding hydrogens is 226 g/mol. The van der Waals surface area contributed by atoms with Crippen LogP contribution in [-0.2, 0) is 6.18 Å². The first-order chi connectivity index (χ1) is 7.47. The Kier molecular flexibility index (Phi) is 2.37. The highest BCUT2D eigenvalue weighted by Crippen LogP contribution is 2.29. The van der Waals surface area contributed by atoms with Crippen molar-refractivity contribution >= 4 is 0 Å². The number of nitrogens with zero attached hydrogens (tertiary/aromatic N) is 2. The number of hydrogen-bond donors (Lipinski definition) is 1. The van der Waals surface area contributed by atoms with Gasteiger partial charge in [-0.3, -0.25) is 10.1 Å². The third-order valence-electron chi connectivity index (χ3n) is 1.87. The van der Waals surface area contributed by atoms with Crippen molar-refractivity contribution in [1.82, 2.24) is 15.2 Å². The molecular formula is C9H5F4N3. The van der Waals surface area contributed by atoms with Crippen molar-refractivity contribution in [2.24, 2.45) is 0 Å². The minimum absolute atomic E-state index is 0.0207. The molecule has 0 saturated heterocycles. The molecule has 0 aliphatic rings. The largest absolute Gasteiger partial charge is 0.432 e. The van der Waals surface area contributed by atoms with Crippen LogP contribution in [0.1, 0.15) is 5.69 Å².